The van der Waals surface area contributed by atoms with Crippen LogP contribution in [0.4, 0.5) is 0 Å². The molecule has 1 fully saturated rings. The Bertz CT molecular complexity index is 445. The SMILES string of the molecule is CC(C)c1nc(C2(C)CCCCO2)nc(Cl)c1Br. The minimum absolute atomic E-state index is 0.297. The highest BCUT2D eigenvalue weighted by molar-refractivity contribution is 9.10. The van der Waals surface area contributed by atoms with Crippen LogP contribution in [0.15, 0.2) is 4.47 Å². The first kappa shape index (κ1) is 14.2. The summed E-state index contributed by atoms with van der Waals surface area (Å²) in [7, 11) is 0. The molecule has 1 aliphatic heterocycles. The summed E-state index contributed by atoms with van der Waals surface area (Å²) in [4.78, 5) is 9.05. The Morgan fingerprint density at radius 1 is 1.33 bits per heavy atom. The van der Waals surface area contributed by atoms with Crippen LogP contribution < -0.4 is 0 Å². The highest BCUT2D eigenvalue weighted by atomic mass is 79.9. The van der Waals surface area contributed by atoms with Crippen molar-refractivity contribution < 1.29 is 4.74 Å². The summed E-state index contributed by atoms with van der Waals surface area (Å²) < 4.78 is 6.68. The molecule has 1 unspecified atom stereocenters. The van der Waals surface area contributed by atoms with E-state index in [1.807, 2.05) is 0 Å². The number of halogens is 2. The highest BCUT2D eigenvalue weighted by Crippen LogP contribution is 2.36. The molecule has 0 radical (unpaired) electrons. The Morgan fingerprint density at radius 2 is 2.06 bits per heavy atom. The molecule has 0 N–H and O–H groups in total. The number of hydrogen-bond donors (Lipinski definition) is 0. The van der Waals surface area contributed by atoms with Gasteiger partial charge in [-0.2, -0.15) is 0 Å². The lowest BCUT2D eigenvalue weighted by Crippen LogP contribution is -2.32. The van der Waals surface area contributed by atoms with Gasteiger partial charge in [-0.25, -0.2) is 9.97 Å². The zero-order valence-electron chi connectivity index (χ0n) is 11.0. The second-order valence-corrected chi connectivity index (χ2v) is 6.38. The van der Waals surface area contributed by atoms with E-state index in [0.717, 1.165) is 36.0 Å². The van der Waals surface area contributed by atoms with Crippen LogP contribution in [0, 0.1) is 0 Å². The maximum Gasteiger partial charge on any atom is 0.162 e. The predicted molar refractivity (Wildman–Crippen MR) is 76.0 cm³/mol. The molecule has 1 aromatic rings. The molecule has 0 saturated carbocycles. The van der Waals surface area contributed by atoms with E-state index in [1.165, 1.54) is 0 Å². The molecule has 0 spiro atoms. The number of hydrogen-bond acceptors (Lipinski definition) is 3. The maximum absolute atomic E-state index is 6.19. The van der Waals surface area contributed by atoms with Gasteiger partial charge >= 0.3 is 0 Å². The molecule has 1 aromatic heterocycles. The van der Waals surface area contributed by atoms with Gasteiger partial charge in [-0.05, 0) is 48.0 Å². The molecule has 5 heteroatoms. The Hall–Kier alpha value is -0.190. The van der Waals surface area contributed by atoms with Gasteiger partial charge in [0.25, 0.3) is 0 Å². The minimum Gasteiger partial charge on any atom is -0.367 e. The van der Waals surface area contributed by atoms with Gasteiger partial charge in [0.1, 0.15) is 10.8 Å². The summed E-state index contributed by atoms with van der Waals surface area (Å²) in [6.07, 6.45) is 3.20. The summed E-state index contributed by atoms with van der Waals surface area (Å²) in [5.41, 5.74) is 0.548. The van der Waals surface area contributed by atoms with Gasteiger partial charge in [0.15, 0.2) is 5.82 Å². The molecule has 3 nitrogen and oxygen atoms in total. The molecule has 0 aliphatic carbocycles. The van der Waals surface area contributed by atoms with Gasteiger partial charge < -0.3 is 4.74 Å². The topological polar surface area (TPSA) is 35.0 Å². The molecule has 1 saturated heterocycles. The van der Waals surface area contributed by atoms with Crippen molar-refractivity contribution in [3.05, 3.63) is 21.1 Å². The van der Waals surface area contributed by atoms with Gasteiger partial charge in [0.2, 0.25) is 0 Å². The van der Waals surface area contributed by atoms with E-state index < -0.39 is 5.60 Å². The van der Waals surface area contributed by atoms with Crippen LogP contribution in [0.5, 0.6) is 0 Å². The lowest BCUT2D eigenvalue weighted by atomic mass is 9.94. The monoisotopic (exact) mass is 332 g/mol. The van der Waals surface area contributed by atoms with E-state index in [4.69, 9.17) is 16.3 Å². The third-order valence-corrected chi connectivity index (χ3v) is 4.61. The number of nitrogens with zero attached hydrogens (tertiary/aromatic N) is 2. The first-order valence-electron chi connectivity index (χ1n) is 6.31. The van der Waals surface area contributed by atoms with Crippen LogP contribution in [0.2, 0.25) is 5.15 Å². The van der Waals surface area contributed by atoms with Gasteiger partial charge in [-0.15, -0.1) is 0 Å². The Labute approximate surface area is 121 Å². The Morgan fingerprint density at radius 3 is 2.61 bits per heavy atom. The zero-order chi connectivity index (χ0) is 13.3. The third-order valence-electron chi connectivity index (χ3n) is 3.33. The molecule has 18 heavy (non-hydrogen) atoms. The molecule has 0 amide bonds. The standard InChI is InChI=1S/C13H18BrClN2O/c1-8(2)10-9(14)11(15)17-12(16-10)13(3)6-4-5-7-18-13/h8H,4-7H2,1-3H3. The first-order valence-corrected chi connectivity index (χ1v) is 7.48. The summed E-state index contributed by atoms with van der Waals surface area (Å²) in [6.45, 7) is 7.01. The Balaban J connectivity index is 2.45. The van der Waals surface area contributed by atoms with Gasteiger partial charge in [-0.3, -0.25) is 0 Å². The van der Waals surface area contributed by atoms with Crippen LogP contribution in [-0.4, -0.2) is 16.6 Å². The molecule has 0 aromatic carbocycles. The molecule has 100 valence electrons. The molecule has 2 rings (SSSR count). The summed E-state index contributed by atoms with van der Waals surface area (Å²) >= 11 is 9.65. The minimum atomic E-state index is -0.397. The lowest BCUT2D eigenvalue weighted by Gasteiger charge is -2.32. The fourth-order valence-electron chi connectivity index (χ4n) is 2.17. The van der Waals surface area contributed by atoms with Crippen molar-refractivity contribution in [3.8, 4) is 0 Å². The second-order valence-electron chi connectivity index (χ2n) is 5.23. The molecule has 1 atom stereocenters. The smallest absolute Gasteiger partial charge is 0.162 e. The average Bonchev–Trinajstić information content (AvgIpc) is 2.33. The second kappa shape index (κ2) is 5.43. The summed E-state index contributed by atoms with van der Waals surface area (Å²) in [5, 5.41) is 0.471. The molecule has 0 bridgehead atoms. The lowest BCUT2D eigenvalue weighted by molar-refractivity contribution is -0.0762. The normalized spacial score (nSPS) is 24.6. The van der Waals surface area contributed by atoms with Crippen molar-refractivity contribution >= 4 is 27.5 Å². The average molecular weight is 334 g/mol. The van der Waals surface area contributed by atoms with Crippen molar-refractivity contribution in [1.29, 1.82) is 0 Å². The van der Waals surface area contributed by atoms with Crippen LogP contribution in [0.3, 0.4) is 0 Å². The maximum atomic E-state index is 6.19. The van der Waals surface area contributed by atoms with Crippen molar-refractivity contribution in [1.82, 2.24) is 9.97 Å². The summed E-state index contributed by atoms with van der Waals surface area (Å²) in [5.74, 6) is 1.00. The number of rotatable bonds is 2. The summed E-state index contributed by atoms with van der Waals surface area (Å²) in [6, 6.07) is 0. The van der Waals surface area contributed by atoms with E-state index in [-0.39, 0.29) is 0 Å². The molecular formula is C13H18BrClN2O. The largest absolute Gasteiger partial charge is 0.367 e. The fourth-order valence-corrected chi connectivity index (χ4v) is 2.98. The van der Waals surface area contributed by atoms with Crippen LogP contribution in [0.25, 0.3) is 0 Å². The molecule has 2 heterocycles. The fraction of sp³-hybridized carbons (Fsp3) is 0.692. The van der Waals surface area contributed by atoms with E-state index in [1.54, 1.807) is 0 Å². The van der Waals surface area contributed by atoms with Crippen LogP contribution >= 0.6 is 27.5 Å². The van der Waals surface area contributed by atoms with Gasteiger partial charge in [0.05, 0.1) is 10.2 Å². The Kier molecular flexibility index (Phi) is 4.29. The van der Waals surface area contributed by atoms with E-state index in [0.29, 0.717) is 16.9 Å². The third kappa shape index (κ3) is 2.70. The van der Waals surface area contributed by atoms with Crippen molar-refractivity contribution in [2.75, 3.05) is 6.61 Å². The van der Waals surface area contributed by atoms with E-state index in [2.05, 4.69) is 46.7 Å². The quantitative estimate of drug-likeness (QED) is 0.751. The highest BCUT2D eigenvalue weighted by Gasteiger charge is 2.34. The molecular weight excluding hydrogens is 316 g/mol. The van der Waals surface area contributed by atoms with Crippen molar-refractivity contribution in [3.63, 3.8) is 0 Å². The van der Waals surface area contributed by atoms with Crippen molar-refractivity contribution in [2.24, 2.45) is 0 Å². The molecule has 1 aliphatic rings. The number of aromatic nitrogens is 2. The van der Waals surface area contributed by atoms with Crippen LogP contribution in [-0.2, 0) is 10.3 Å². The van der Waals surface area contributed by atoms with Crippen LogP contribution in [0.1, 0.15) is 57.5 Å². The van der Waals surface area contributed by atoms with Gasteiger partial charge in [0, 0.05) is 6.61 Å². The number of ether oxygens (including phenoxy) is 1. The van der Waals surface area contributed by atoms with Gasteiger partial charge in [-0.1, -0.05) is 25.4 Å². The van der Waals surface area contributed by atoms with E-state index in [9.17, 15) is 0 Å². The van der Waals surface area contributed by atoms with Crippen molar-refractivity contribution in [2.45, 2.75) is 51.6 Å². The predicted octanol–water partition coefficient (Wildman–Crippen LogP) is 4.43. The zero-order valence-corrected chi connectivity index (χ0v) is 13.3. The van der Waals surface area contributed by atoms with E-state index >= 15 is 0 Å². The first-order chi connectivity index (χ1) is 8.44.